The molecule has 0 spiro atoms. The Kier molecular flexibility index (Phi) is 5.01. The SMILES string of the molecule is COc1cc(OC)cc(N2C[C@H](C(=O)N3CC[C@@H](C(=O)O)C3)CC2=O)c1. The van der Waals surface area contributed by atoms with Gasteiger partial charge in [0, 0.05) is 44.3 Å². The summed E-state index contributed by atoms with van der Waals surface area (Å²) in [5.74, 6) is -1.04. The Bertz CT molecular complexity index is 712. The molecule has 0 saturated carbocycles. The van der Waals surface area contributed by atoms with Crippen LogP contribution in [0.1, 0.15) is 12.8 Å². The molecule has 0 aliphatic carbocycles. The van der Waals surface area contributed by atoms with Gasteiger partial charge < -0.3 is 24.4 Å². The van der Waals surface area contributed by atoms with Crippen molar-refractivity contribution in [2.24, 2.45) is 11.8 Å². The van der Waals surface area contributed by atoms with E-state index < -0.39 is 17.8 Å². The summed E-state index contributed by atoms with van der Waals surface area (Å²) >= 11 is 0. The zero-order valence-electron chi connectivity index (χ0n) is 14.8. The van der Waals surface area contributed by atoms with E-state index in [0.717, 1.165) is 0 Å². The fourth-order valence-corrected chi connectivity index (χ4v) is 3.49. The molecule has 8 heteroatoms. The largest absolute Gasteiger partial charge is 0.497 e. The number of rotatable bonds is 5. The van der Waals surface area contributed by atoms with Crippen molar-refractivity contribution in [3.8, 4) is 11.5 Å². The van der Waals surface area contributed by atoms with Gasteiger partial charge in [-0.1, -0.05) is 0 Å². The summed E-state index contributed by atoms with van der Waals surface area (Å²) in [6.45, 7) is 0.904. The number of anilines is 1. The second-order valence-electron chi connectivity index (χ2n) is 6.58. The third-order valence-electron chi connectivity index (χ3n) is 4.97. The van der Waals surface area contributed by atoms with Crippen molar-refractivity contribution >= 4 is 23.5 Å². The molecule has 0 unspecified atom stereocenters. The monoisotopic (exact) mass is 362 g/mol. The van der Waals surface area contributed by atoms with Crippen molar-refractivity contribution in [3.05, 3.63) is 18.2 Å². The van der Waals surface area contributed by atoms with Crippen LogP contribution in [-0.2, 0) is 14.4 Å². The molecule has 8 nitrogen and oxygen atoms in total. The second kappa shape index (κ2) is 7.23. The molecule has 2 aliphatic rings. The summed E-state index contributed by atoms with van der Waals surface area (Å²) < 4.78 is 10.5. The maximum absolute atomic E-state index is 12.7. The van der Waals surface area contributed by atoms with E-state index in [1.54, 1.807) is 28.0 Å². The molecule has 3 rings (SSSR count). The molecular weight excluding hydrogens is 340 g/mol. The molecule has 1 aromatic rings. The Balaban J connectivity index is 1.73. The summed E-state index contributed by atoms with van der Waals surface area (Å²) in [5, 5.41) is 9.09. The van der Waals surface area contributed by atoms with E-state index in [1.165, 1.54) is 14.2 Å². The number of nitrogens with zero attached hydrogens (tertiary/aromatic N) is 2. The van der Waals surface area contributed by atoms with Gasteiger partial charge in [-0.25, -0.2) is 0 Å². The fraction of sp³-hybridized carbons (Fsp3) is 0.500. The molecule has 2 atom stereocenters. The van der Waals surface area contributed by atoms with Crippen molar-refractivity contribution in [1.82, 2.24) is 4.90 Å². The standard InChI is InChI=1S/C18H22N2O6/c1-25-14-6-13(7-15(8-14)26-2)20-10-12(5-16(20)21)17(22)19-4-3-11(9-19)18(23)24/h6-8,11-12H,3-5,9-10H2,1-2H3,(H,23,24)/t11-,12-/m1/s1. The van der Waals surface area contributed by atoms with Crippen LogP contribution in [0.4, 0.5) is 5.69 Å². The predicted octanol–water partition coefficient (Wildman–Crippen LogP) is 0.990. The van der Waals surface area contributed by atoms with E-state index in [0.29, 0.717) is 30.2 Å². The van der Waals surface area contributed by atoms with Crippen LogP contribution >= 0.6 is 0 Å². The number of carboxylic acid groups (broad SMARTS) is 1. The minimum absolute atomic E-state index is 0.118. The fourth-order valence-electron chi connectivity index (χ4n) is 3.49. The average Bonchev–Trinajstić information content (AvgIpc) is 3.27. The summed E-state index contributed by atoms with van der Waals surface area (Å²) in [7, 11) is 3.06. The summed E-state index contributed by atoms with van der Waals surface area (Å²) in [6, 6.07) is 5.16. The van der Waals surface area contributed by atoms with E-state index in [1.807, 2.05) is 0 Å². The van der Waals surface area contributed by atoms with Crippen LogP contribution in [0, 0.1) is 11.8 Å². The molecule has 2 fully saturated rings. The van der Waals surface area contributed by atoms with Crippen LogP contribution in [0.2, 0.25) is 0 Å². The van der Waals surface area contributed by atoms with E-state index >= 15 is 0 Å². The van der Waals surface area contributed by atoms with Crippen molar-refractivity contribution < 1.29 is 29.0 Å². The molecule has 26 heavy (non-hydrogen) atoms. The van der Waals surface area contributed by atoms with Crippen LogP contribution in [0.15, 0.2) is 18.2 Å². The quantitative estimate of drug-likeness (QED) is 0.839. The predicted molar refractivity (Wildman–Crippen MR) is 92.3 cm³/mol. The first-order valence-corrected chi connectivity index (χ1v) is 8.48. The highest BCUT2D eigenvalue weighted by molar-refractivity contribution is 6.00. The Morgan fingerprint density at radius 2 is 1.73 bits per heavy atom. The second-order valence-corrected chi connectivity index (χ2v) is 6.58. The van der Waals surface area contributed by atoms with Gasteiger partial charge in [0.1, 0.15) is 11.5 Å². The molecular formula is C18H22N2O6. The third-order valence-corrected chi connectivity index (χ3v) is 4.97. The highest BCUT2D eigenvalue weighted by atomic mass is 16.5. The molecule has 1 aromatic carbocycles. The number of ether oxygens (including phenoxy) is 2. The maximum atomic E-state index is 12.7. The molecule has 0 radical (unpaired) electrons. The van der Waals surface area contributed by atoms with Gasteiger partial charge in [0.2, 0.25) is 11.8 Å². The van der Waals surface area contributed by atoms with Gasteiger partial charge in [-0.3, -0.25) is 14.4 Å². The number of carbonyl (C=O) groups is 3. The number of hydrogen-bond acceptors (Lipinski definition) is 5. The first kappa shape index (κ1) is 18.0. The van der Waals surface area contributed by atoms with Gasteiger partial charge >= 0.3 is 5.97 Å². The first-order chi connectivity index (χ1) is 12.4. The number of hydrogen-bond donors (Lipinski definition) is 1. The topological polar surface area (TPSA) is 96.4 Å². The van der Waals surface area contributed by atoms with E-state index in [2.05, 4.69) is 0 Å². The number of carbonyl (C=O) groups excluding carboxylic acids is 2. The maximum Gasteiger partial charge on any atom is 0.308 e. The molecule has 2 saturated heterocycles. The lowest BCUT2D eigenvalue weighted by molar-refractivity contribution is -0.141. The van der Waals surface area contributed by atoms with Gasteiger partial charge in [-0.05, 0) is 6.42 Å². The van der Waals surface area contributed by atoms with E-state index in [-0.39, 0.29) is 31.3 Å². The number of likely N-dealkylation sites (tertiary alicyclic amines) is 1. The van der Waals surface area contributed by atoms with Crippen LogP contribution in [0.25, 0.3) is 0 Å². The van der Waals surface area contributed by atoms with Crippen LogP contribution in [0.5, 0.6) is 11.5 Å². The van der Waals surface area contributed by atoms with Crippen molar-refractivity contribution in [2.75, 3.05) is 38.8 Å². The average molecular weight is 362 g/mol. The lowest BCUT2D eigenvalue weighted by atomic mass is 10.1. The minimum atomic E-state index is -0.882. The Morgan fingerprint density at radius 3 is 2.27 bits per heavy atom. The van der Waals surface area contributed by atoms with Gasteiger partial charge in [0.05, 0.1) is 31.7 Å². The normalized spacial score (nSPS) is 22.6. The molecule has 2 amide bonds. The molecule has 2 heterocycles. The number of aliphatic carboxylic acids is 1. The third kappa shape index (κ3) is 3.44. The summed E-state index contributed by atoms with van der Waals surface area (Å²) in [4.78, 5) is 39.3. The van der Waals surface area contributed by atoms with Crippen molar-refractivity contribution in [3.63, 3.8) is 0 Å². The van der Waals surface area contributed by atoms with Crippen LogP contribution < -0.4 is 14.4 Å². The summed E-state index contributed by atoms with van der Waals surface area (Å²) in [6.07, 6.45) is 0.575. The van der Waals surface area contributed by atoms with Gasteiger partial charge in [0.25, 0.3) is 0 Å². The highest BCUT2D eigenvalue weighted by Gasteiger charge is 2.40. The van der Waals surface area contributed by atoms with Crippen molar-refractivity contribution in [1.29, 1.82) is 0 Å². The Hall–Kier alpha value is -2.77. The lowest BCUT2D eigenvalue weighted by Crippen LogP contribution is -2.36. The Morgan fingerprint density at radius 1 is 1.08 bits per heavy atom. The zero-order valence-corrected chi connectivity index (χ0v) is 14.8. The Labute approximate surface area is 151 Å². The molecule has 0 bridgehead atoms. The number of benzene rings is 1. The minimum Gasteiger partial charge on any atom is -0.497 e. The zero-order chi connectivity index (χ0) is 18.8. The van der Waals surface area contributed by atoms with Gasteiger partial charge in [-0.15, -0.1) is 0 Å². The number of amides is 2. The smallest absolute Gasteiger partial charge is 0.308 e. The van der Waals surface area contributed by atoms with Crippen LogP contribution in [0.3, 0.4) is 0 Å². The molecule has 2 aliphatic heterocycles. The van der Waals surface area contributed by atoms with Crippen LogP contribution in [-0.4, -0.2) is 61.6 Å². The lowest BCUT2D eigenvalue weighted by Gasteiger charge is -2.21. The molecule has 0 aromatic heterocycles. The number of carboxylic acids is 1. The first-order valence-electron chi connectivity index (χ1n) is 8.48. The molecule has 1 N–H and O–H groups in total. The van der Waals surface area contributed by atoms with E-state index in [4.69, 9.17) is 14.6 Å². The van der Waals surface area contributed by atoms with E-state index in [9.17, 15) is 14.4 Å². The highest BCUT2D eigenvalue weighted by Crippen LogP contribution is 2.33. The summed E-state index contributed by atoms with van der Waals surface area (Å²) in [5.41, 5.74) is 0.617. The van der Waals surface area contributed by atoms with Gasteiger partial charge in [-0.2, -0.15) is 0 Å². The number of methoxy groups -OCH3 is 2. The van der Waals surface area contributed by atoms with Gasteiger partial charge in [0.15, 0.2) is 0 Å². The molecule has 140 valence electrons. The van der Waals surface area contributed by atoms with Crippen molar-refractivity contribution in [2.45, 2.75) is 12.8 Å².